The van der Waals surface area contributed by atoms with Crippen molar-refractivity contribution in [3.8, 4) is 11.1 Å². The molecular weight excluding hydrogens is 412 g/mol. The topological polar surface area (TPSA) is 94.0 Å². The van der Waals surface area contributed by atoms with E-state index in [-0.39, 0.29) is 10.7 Å². The minimum absolute atomic E-state index is 0.0537. The maximum Gasteiger partial charge on any atom is 0.175 e. The van der Waals surface area contributed by atoms with E-state index in [4.69, 9.17) is 0 Å². The van der Waals surface area contributed by atoms with Crippen LogP contribution in [0.25, 0.3) is 22.2 Å². The van der Waals surface area contributed by atoms with E-state index in [0.717, 1.165) is 27.7 Å². The molecular formula is C23H20N4O3S. The minimum Gasteiger partial charge on any atom is -0.340 e. The van der Waals surface area contributed by atoms with Gasteiger partial charge in [0.15, 0.2) is 15.6 Å². The highest BCUT2D eigenvalue weighted by atomic mass is 32.2. The first-order valence-electron chi connectivity index (χ1n) is 9.85. The number of rotatable bonds is 4. The Kier molecular flexibility index (Phi) is 4.40. The first-order chi connectivity index (χ1) is 14.8. The Labute approximate surface area is 179 Å². The van der Waals surface area contributed by atoms with Crippen molar-refractivity contribution in [1.29, 1.82) is 0 Å². The molecule has 31 heavy (non-hydrogen) atoms. The zero-order valence-corrected chi connectivity index (χ0v) is 17.9. The van der Waals surface area contributed by atoms with Crippen LogP contribution in [0, 0.1) is 0 Å². The third-order valence-corrected chi connectivity index (χ3v) is 6.80. The molecule has 0 atom stereocenters. The third kappa shape index (κ3) is 3.29. The fourth-order valence-corrected chi connectivity index (χ4v) is 4.75. The summed E-state index contributed by atoms with van der Waals surface area (Å²) in [5, 5.41) is 4.21. The van der Waals surface area contributed by atoms with Crippen LogP contribution in [0.15, 0.2) is 59.9 Å². The number of nitrogens with one attached hydrogen (secondary N) is 1. The molecule has 1 N–H and O–H groups in total. The van der Waals surface area contributed by atoms with Crippen molar-refractivity contribution in [1.82, 2.24) is 14.5 Å². The number of fused-ring (bicyclic) bond motifs is 2. The van der Waals surface area contributed by atoms with Crippen molar-refractivity contribution in [3.63, 3.8) is 0 Å². The zero-order valence-electron chi connectivity index (χ0n) is 17.1. The lowest BCUT2D eigenvalue weighted by Gasteiger charge is -2.14. The van der Waals surface area contributed by atoms with E-state index in [1.165, 1.54) is 18.4 Å². The molecule has 1 aliphatic rings. The van der Waals surface area contributed by atoms with E-state index in [2.05, 4.69) is 15.3 Å². The van der Waals surface area contributed by atoms with Crippen LogP contribution in [-0.4, -0.2) is 35.0 Å². The molecule has 0 spiro atoms. The van der Waals surface area contributed by atoms with E-state index in [0.29, 0.717) is 29.9 Å². The van der Waals surface area contributed by atoms with Gasteiger partial charge >= 0.3 is 0 Å². The third-order valence-electron chi connectivity index (χ3n) is 5.67. The molecule has 5 rings (SSSR count). The van der Waals surface area contributed by atoms with Gasteiger partial charge < -0.3 is 9.88 Å². The van der Waals surface area contributed by atoms with E-state index in [9.17, 15) is 13.2 Å². The number of carbonyl (C=O) groups is 1. The van der Waals surface area contributed by atoms with Crippen LogP contribution in [-0.2, 0) is 23.3 Å². The molecule has 0 fully saturated rings. The second-order valence-electron chi connectivity index (χ2n) is 7.74. The molecule has 8 heteroatoms. The van der Waals surface area contributed by atoms with Crippen molar-refractivity contribution in [2.24, 2.45) is 7.05 Å². The summed E-state index contributed by atoms with van der Waals surface area (Å²) in [6.07, 6.45) is 7.81. The Morgan fingerprint density at radius 1 is 1.00 bits per heavy atom. The summed E-state index contributed by atoms with van der Waals surface area (Å²) in [4.78, 5) is 22.0. The van der Waals surface area contributed by atoms with Gasteiger partial charge in [0.1, 0.15) is 11.5 Å². The summed E-state index contributed by atoms with van der Waals surface area (Å²) in [6, 6.07) is 10.4. The molecule has 0 saturated heterocycles. The maximum absolute atomic E-state index is 12.7. The average Bonchev–Trinajstić information content (AvgIpc) is 3.32. The summed E-state index contributed by atoms with van der Waals surface area (Å²) in [5.74, 6) is 0.546. The number of Topliss-reactive ketones (excluding diaryl/α,β-unsaturated/α-hetero) is 1. The highest BCUT2D eigenvalue weighted by Crippen LogP contribution is 2.38. The van der Waals surface area contributed by atoms with Crippen molar-refractivity contribution in [2.75, 3.05) is 11.6 Å². The number of carbonyl (C=O) groups excluding carboxylic acids is 1. The molecule has 7 nitrogen and oxygen atoms in total. The average molecular weight is 433 g/mol. The predicted octanol–water partition coefficient (Wildman–Crippen LogP) is 3.91. The number of sulfone groups is 1. The summed E-state index contributed by atoms with van der Waals surface area (Å²) >= 11 is 0. The first-order valence-corrected chi connectivity index (χ1v) is 11.7. The fraction of sp³-hybridized carbons (Fsp3) is 0.174. The summed E-state index contributed by atoms with van der Waals surface area (Å²) in [5.41, 5.74) is 5.08. The number of benzene rings is 1. The van der Waals surface area contributed by atoms with Gasteiger partial charge in [-0.25, -0.2) is 18.4 Å². The molecule has 4 aromatic rings. The number of hydrogen-bond acceptors (Lipinski definition) is 6. The smallest absolute Gasteiger partial charge is 0.175 e. The number of pyridine rings is 2. The number of aryl methyl sites for hydroxylation is 1. The number of hydrogen-bond donors (Lipinski definition) is 1. The molecule has 1 aromatic carbocycles. The largest absolute Gasteiger partial charge is 0.340 e. The van der Waals surface area contributed by atoms with Gasteiger partial charge in [-0.2, -0.15) is 0 Å². The van der Waals surface area contributed by atoms with Gasteiger partial charge in [-0.15, -0.1) is 0 Å². The molecule has 0 aliphatic heterocycles. The Morgan fingerprint density at radius 3 is 2.52 bits per heavy atom. The van der Waals surface area contributed by atoms with Crippen molar-refractivity contribution in [3.05, 3.63) is 66.1 Å². The van der Waals surface area contributed by atoms with Crippen molar-refractivity contribution in [2.45, 2.75) is 17.7 Å². The fourth-order valence-electron chi connectivity index (χ4n) is 4.12. The number of nitrogens with zero attached hydrogens (tertiary/aromatic N) is 3. The van der Waals surface area contributed by atoms with Crippen molar-refractivity contribution >= 4 is 38.2 Å². The van der Waals surface area contributed by atoms with E-state index in [1.54, 1.807) is 24.5 Å². The van der Waals surface area contributed by atoms with Gasteiger partial charge in [-0.1, -0.05) is 0 Å². The van der Waals surface area contributed by atoms with Crippen LogP contribution < -0.4 is 5.32 Å². The number of aromatic nitrogens is 3. The molecule has 0 saturated carbocycles. The summed E-state index contributed by atoms with van der Waals surface area (Å²) in [6.45, 7) is 0. The van der Waals surface area contributed by atoms with Crippen LogP contribution in [0.1, 0.15) is 22.3 Å². The number of ketones is 1. The maximum atomic E-state index is 12.7. The van der Waals surface area contributed by atoms with Gasteiger partial charge in [0.2, 0.25) is 0 Å². The second-order valence-corrected chi connectivity index (χ2v) is 9.76. The van der Waals surface area contributed by atoms with Crippen molar-refractivity contribution < 1.29 is 13.2 Å². The zero-order chi connectivity index (χ0) is 21.8. The Bertz CT molecular complexity index is 1450. The van der Waals surface area contributed by atoms with Crippen LogP contribution in [0.3, 0.4) is 0 Å². The molecule has 0 bridgehead atoms. The molecule has 3 aromatic heterocycles. The van der Waals surface area contributed by atoms with E-state index < -0.39 is 9.84 Å². The van der Waals surface area contributed by atoms with Gasteiger partial charge in [-0.05, 0) is 53.9 Å². The molecule has 156 valence electrons. The first kappa shape index (κ1) is 19.4. The van der Waals surface area contributed by atoms with Gasteiger partial charge in [0.25, 0.3) is 0 Å². The Hall–Kier alpha value is -3.52. The van der Waals surface area contributed by atoms with Gasteiger partial charge in [0, 0.05) is 55.0 Å². The molecule has 1 aliphatic carbocycles. The lowest BCUT2D eigenvalue weighted by atomic mass is 9.97. The van der Waals surface area contributed by atoms with E-state index >= 15 is 0 Å². The van der Waals surface area contributed by atoms with E-state index in [1.807, 2.05) is 29.9 Å². The Morgan fingerprint density at radius 2 is 1.77 bits per heavy atom. The lowest BCUT2D eigenvalue weighted by Crippen LogP contribution is -2.04. The highest BCUT2D eigenvalue weighted by Gasteiger charge is 2.28. The second kappa shape index (κ2) is 7.02. The van der Waals surface area contributed by atoms with Gasteiger partial charge in [-0.3, -0.25) is 4.79 Å². The minimum atomic E-state index is -3.27. The molecule has 0 amide bonds. The van der Waals surface area contributed by atoms with Crippen LogP contribution in [0.2, 0.25) is 0 Å². The SMILES string of the molecule is Cn1ccc2c(-c3cnc(Nc4ccc(S(C)(=O)=O)cc4)c4c3CCC4=O)ccnc21. The molecule has 0 radical (unpaired) electrons. The van der Waals surface area contributed by atoms with Crippen LogP contribution in [0.4, 0.5) is 11.5 Å². The Balaban J connectivity index is 1.59. The summed E-state index contributed by atoms with van der Waals surface area (Å²) < 4.78 is 25.3. The molecule has 3 heterocycles. The molecule has 0 unspecified atom stereocenters. The van der Waals surface area contributed by atoms with Crippen LogP contribution >= 0.6 is 0 Å². The highest BCUT2D eigenvalue weighted by molar-refractivity contribution is 7.90. The summed E-state index contributed by atoms with van der Waals surface area (Å²) in [7, 11) is -1.32. The normalized spacial score (nSPS) is 13.5. The monoisotopic (exact) mass is 432 g/mol. The van der Waals surface area contributed by atoms with Gasteiger partial charge in [0.05, 0.1) is 10.5 Å². The number of anilines is 2. The predicted molar refractivity (Wildman–Crippen MR) is 119 cm³/mol. The lowest BCUT2D eigenvalue weighted by molar-refractivity contribution is 0.0995. The standard InChI is InChI=1S/C23H20N4O3S/c1-27-12-10-18-16(9-11-24-23(18)27)19-13-25-22(21-17(19)7-8-20(21)28)26-14-3-5-15(6-4-14)31(2,29)30/h3-6,9-13H,7-8H2,1-2H3,(H,25,26). The quantitative estimate of drug-likeness (QED) is 0.525. The van der Waals surface area contributed by atoms with Crippen LogP contribution in [0.5, 0.6) is 0 Å².